The van der Waals surface area contributed by atoms with Crippen LogP contribution in [0.3, 0.4) is 0 Å². The Morgan fingerprint density at radius 2 is 1.94 bits per heavy atom. The Morgan fingerprint density at radius 3 is 2.71 bits per heavy atom. The van der Waals surface area contributed by atoms with Crippen LogP contribution in [-0.4, -0.2) is 49.9 Å². The van der Waals surface area contributed by atoms with E-state index in [1.165, 1.54) is 25.7 Å². The van der Waals surface area contributed by atoms with Gasteiger partial charge < -0.3 is 20.7 Å². The smallest absolute Gasteiger partial charge is 0.232 e. The van der Waals surface area contributed by atoms with E-state index in [1.807, 2.05) is 24.3 Å². The predicted octanol–water partition coefficient (Wildman–Crippen LogP) is 3.02. The SMILES string of the molecule is COc1ccccc1Nc1nc(N)nc(CSc2nnc(N3CCCC3)n2C2CC2)n1. The molecule has 2 fully saturated rings. The van der Waals surface area contributed by atoms with Gasteiger partial charge in [-0.15, -0.1) is 10.2 Å². The normalized spacial score (nSPS) is 16.0. The second-order valence-electron chi connectivity index (χ2n) is 7.63. The van der Waals surface area contributed by atoms with Crippen LogP contribution in [0.4, 0.5) is 23.5 Å². The van der Waals surface area contributed by atoms with E-state index in [1.54, 1.807) is 18.9 Å². The van der Waals surface area contributed by atoms with Gasteiger partial charge in [-0.3, -0.25) is 4.57 Å². The molecule has 1 aliphatic heterocycles. The fourth-order valence-corrected chi connectivity index (χ4v) is 4.56. The van der Waals surface area contributed by atoms with Crippen molar-refractivity contribution in [3.8, 4) is 5.75 Å². The van der Waals surface area contributed by atoms with Crippen molar-refractivity contribution in [2.24, 2.45) is 0 Å². The number of hydrogen-bond donors (Lipinski definition) is 2. The van der Waals surface area contributed by atoms with Gasteiger partial charge in [-0.05, 0) is 37.8 Å². The maximum atomic E-state index is 5.94. The number of rotatable bonds is 8. The van der Waals surface area contributed by atoms with Crippen LogP contribution in [-0.2, 0) is 5.75 Å². The molecule has 11 heteroatoms. The number of anilines is 4. The quantitative estimate of drug-likeness (QED) is 0.507. The van der Waals surface area contributed by atoms with Crippen molar-refractivity contribution in [3.63, 3.8) is 0 Å². The molecule has 1 aliphatic carbocycles. The number of benzene rings is 1. The first-order valence-electron chi connectivity index (χ1n) is 10.4. The maximum Gasteiger partial charge on any atom is 0.232 e. The topological polar surface area (TPSA) is 120 Å². The summed E-state index contributed by atoms with van der Waals surface area (Å²) >= 11 is 1.58. The number of methoxy groups -OCH3 is 1. The molecular weight excluding hydrogens is 414 g/mol. The fourth-order valence-electron chi connectivity index (χ4n) is 3.71. The Labute approximate surface area is 184 Å². The van der Waals surface area contributed by atoms with E-state index in [9.17, 15) is 0 Å². The molecule has 2 aliphatic rings. The molecule has 10 nitrogen and oxygen atoms in total. The number of nitrogen functional groups attached to an aromatic ring is 1. The minimum absolute atomic E-state index is 0.171. The Bertz CT molecular complexity index is 1060. The highest BCUT2D eigenvalue weighted by atomic mass is 32.2. The third kappa shape index (κ3) is 4.36. The van der Waals surface area contributed by atoms with Crippen molar-refractivity contribution >= 4 is 35.3 Å². The molecule has 31 heavy (non-hydrogen) atoms. The largest absolute Gasteiger partial charge is 0.495 e. The van der Waals surface area contributed by atoms with Crippen LogP contribution in [0, 0.1) is 0 Å². The van der Waals surface area contributed by atoms with E-state index in [4.69, 9.17) is 10.5 Å². The first kappa shape index (κ1) is 19.9. The average Bonchev–Trinajstić information content (AvgIpc) is 3.29. The van der Waals surface area contributed by atoms with E-state index in [0.29, 0.717) is 29.3 Å². The van der Waals surface area contributed by atoms with E-state index < -0.39 is 0 Å². The number of aromatic nitrogens is 6. The minimum Gasteiger partial charge on any atom is -0.495 e. The zero-order chi connectivity index (χ0) is 21.2. The van der Waals surface area contributed by atoms with Crippen molar-refractivity contribution in [1.29, 1.82) is 0 Å². The molecule has 0 spiro atoms. The van der Waals surface area contributed by atoms with Gasteiger partial charge in [-0.1, -0.05) is 23.9 Å². The molecule has 162 valence electrons. The van der Waals surface area contributed by atoms with Crippen molar-refractivity contribution < 1.29 is 4.74 Å². The zero-order valence-electron chi connectivity index (χ0n) is 17.4. The van der Waals surface area contributed by atoms with Gasteiger partial charge in [0.2, 0.25) is 17.8 Å². The van der Waals surface area contributed by atoms with E-state index in [0.717, 1.165) is 29.9 Å². The molecule has 0 radical (unpaired) electrons. The molecule has 0 unspecified atom stereocenters. The Kier molecular flexibility index (Phi) is 5.49. The maximum absolute atomic E-state index is 5.94. The summed E-state index contributed by atoms with van der Waals surface area (Å²) in [5.41, 5.74) is 6.71. The van der Waals surface area contributed by atoms with Crippen LogP contribution in [0.2, 0.25) is 0 Å². The summed E-state index contributed by atoms with van der Waals surface area (Å²) in [6, 6.07) is 8.08. The highest BCUT2D eigenvalue weighted by Crippen LogP contribution is 2.41. The van der Waals surface area contributed by atoms with Gasteiger partial charge in [0.15, 0.2) is 5.16 Å². The molecule has 0 bridgehead atoms. The molecule has 2 aromatic heterocycles. The molecule has 3 aromatic rings. The van der Waals surface area contributed by atoms with Gasteiger partial charge in [0.1, 0.15) is 11.6 Å². The lowest BCUT2D eigenvalue weighted by Crippen LogP contribution is -2.22. The van der Waals surface area contributed by atoms with Crippen LogP contribution < -0.4 is 20.7 Å². The molecule has 1 saturated carbocycles. The number of hydrogen-bond acceptors (Lipinski definition) is 10. The highest BCUT2D eigenvalue weighted by molar-refractivity contribution is 7.98. The molecule has 5 rings (SSSR count). The number of nitrogens with one attached hydrogen (secondary N) is 1. The third-order valence-corrected chi connectivity index (χ3v) is 6.27. The van der Waals surface area contributed by atoms with E-state index >= 15 is 0 Å². The van der Waals surface area contributed by atoms with Crippen LogP contribution in [0.25, 0.3) is 0 Å². The van der Waals surface area contributed by atoms with E-state index in [2.05, 4.69) is 39.9 Å². The molecule has 3 N–H and O–H groups in total. The minimum atomic E-state index is 0.171. The van der Waals surface area contributed by atoms with Crippen molar-refractivity contribution in [2.45, 2.75) is 42.6 Å². The number of nitrogens with zero attached hydrogens (tertiary/aromatic N) is 7. The van der Waals surface area contributed by atoms with Gasteiger partial charge in [-0.2, -0.15) is 15.0 Å². The number of ether oxygens (including phenoxy) is 1. The molecular formula is C20H25N9OS. The fraction of sp³-hybridized carbons (Fsp3) is 0.450. The molecule has 1 aromatic carbocycles. The number of para-hydroxylation sites is 2. The van der Waals surface area contributed by atoms with Crippen molar-refractivity contribution in [1.82, 2.24) is 29.7 Å². The summed E-state index contributed by atoms with van der Waals surface area (Å²) in [7, 11) is 1.62. The first-order chi connectivity index (χ1) is 15.2. The summed E-state index contributed by atoms with van der Waals surface area (Å²) < 4.78 is 7.66. The van der Waals surface area contributed by atoms with Gasteiger partial charge in [0, 0.05) is 19.1 Å². The summed E-state index contributed by atoms with van der Waals surface area (Å²) in [6.07, 6.45) is 4.79. The molecule has 3 heterocycles. The summed E-state index contributed by atoms with van der Waals surface area (Å²) in [5.74, 6) is 3.36. The number of nitrogens with two attached hydrogens (primary N) is 1. The zero-order valence-corrected chi connectivity index (χ0v) is 18.2. The third-order valence-electron chi connectivity index (χ3n) is 5.33. The second kappa shape index (κ2) is 8.58. The average molecular weight is 440 g/mol. The Morgan fingerprint density at radius 1 is 1.13 bits per heavy atom. The van der Waals surface area contributed by atoms with Crippen LogP contribution in [0.1, 0.15) is 37.5 Å². The van der Waals surface area contributed by atoms with Gasteiger partial charge in [-0.25, -0.2) is 0 Å². The van der Waals surface area contributed by atoms with Gasteiger partial charge in [0.05, 0.1) is 18.6 Å². The lowest BCUT2D eigenvalue weighted by atomic mass is 10.3. The Balaban J connectivity index is 1.33. The molecule has 1 saturated heterocycles. The molecule has 0 amide bonds. The van der Waals surface area contributed by atoms with Gasteiger partial charge >= 0.3 is 0 Å². The van der Waals surface area contributed by atoms with Crippen molar-refractivity contribution in [3.05, 3.63) is 30.1 Å². The van der Waals surface area contributed by atoms with Gasteiger partial charge in [0.25, 0.3) is 0 Å². The Hall–Kier alpha value is -3.08. The summed E-state index contributed by atoms with van der Waals surface area (Å²) in [4.78, 5) is 15.4. The van der Waals surface area contributed by atoms with Crippen LogP contribution in [0.5, 0.6) is 5.75 Å². The lowest BCUT2D eigenvalue weighted by molar-refractivity contribution is 0.417. The highest BCUT2D eigenvalue weighted by Gasteiger charge is 2.32. The van der Waals surface area contributed by atoms with Crippen molar-refractivity contribution in [2.75, 3.05) is 36.1 Å². The summed E-state index contributed by atoms with van der Waals surface area (Å²) in [6.45, 7) is 2.11. The number of thioether (sulfide) groups is 1. The van der Waals surface area contributed by atoms with E-state index in [-0.39, 0.29) is 5.95 Å². The lowest BCUT2D eigenvalue weighted by Gasteiger charge is -2.17. The van der Waals surface area contributed by atoms with Crippen LogP contribution >= 0.6 is 11.8 Å². The predicted molar refractivity (Wildman–Crippen MR) is 120 cm³/mol. The summed E-state index contributed by atoms with van der Waals surface area (Å²) in [5, 5.41) is 13.0. The monoisotopic (exact) mass is 439 g/mol. The first-order valence-corrected chi connectivity index (χ1v) is 11.4. The molecule has 0 atom stereocenters. The standard InChI is InChI=1S/C20H25N9OS/c1-30-15-7-3-2-6-14(15)22-18-24-16(23-17(21)25-18)12-31-20-27-26-19(28-10-4-5-11-28)29(20)13-8-9-13/h2-3,6-7,13H,4-5,8-12H2,1H3,(H3,21,22,23,24,25). The van der Waals surface area contributed by atoms with Crippen LogP contribution in [0.15, 0.2) is 29.4 Å². The second-order valence-corrected chi connectivity index (χ2v) is 8.57.